The Balaban J connectivity index is 3.79. The smallest absolute Gasteiger partial charge is 0.220 e. The number of hydrogen-bond acceptors (Lipinski definition) is 4. The van der Waals surface area contributed by atoms with Crippen molar-refractivity contribution in [2.24, 2.45) is 0 Å². The molecule has 0 aliphatic heterocycles. The summed E-state index contributed by atoms with van der Waals surface area (Å²) in [7, 11) is -5.16. The van der Waals surface area contributed by atoms with Gasteiger partial charge in [-0.15, -0.1) is 0 Å². The summed E-state index contributed by atoms with van der Waals surface area (Å²) < 4.78 is 47.5. The van der Waals surface area contributed by atoms with E-state index in [1.165, 1.54) is 0 Å². The third-order valence-electron chi connectivity index (χ3n) is 0.254. The molecular weight excluding hydrogens is 152 g/mol. The topological polar surface area (TPSA) is 44.8 Å². The van der Waals surface area contributed by atoms with Crippen LogP contribution in [-0.4, -0.2) is 0 Å². The number of phosphoric acid groups is 1. The van der Waals surface area contributed by atoms with Crippen LogP contribution in [0.4, 0.5) is 13.6 Å². The minimum absolute atomic E-state index is 2.10. The summed E-state index contributed by atoms with van der Waals surface area (Å²) >= 11 is 0. The van der Waals surface area contributed by atoms with Crippen LogP contribution in [0.15, 0.2) is 0 Å². The van der Waals surface area contributed by atoms with E-state index in [0.29, 0.717) is 0 Å². The van der Waals surface area contributed by atoms with E-state index in [2.05, 4.69) is 14.2 Å². The van der Waals surface area contributed by atoms with Crippen molar-refractivity contribution in [1.82, 2.24) is 0 Å². The van der Waals surface area contributed by atoms with Gasteiger partial charge in [-0.05, 0) is 13.6 Å². The van der Waals surface area contributed by atoms with Crippen molar-refractivity contribution in [2.45, 2.75) is 0 Å². The molecule has 0 spiro atoms. The fraction of sp³-hybridized carbons (Fsp3) is 0. The van der Waals surface area contributed by atoms with Crippen LogP contribution in [0.1, 0.15) is 0 Å². The van der Waals surface area contributed by atoms with Crippen molar-refractivity contribution in [1.29, 1.82) is 0 Å². The average Bonchev–Trinajstić information content (AvgIpc) is 1.87. The zero-order valence-corrected chi connectivity index (χ0v) is 4.11. The van der Waals surface area contributed by atoms with Gasteiger partial charge in [-0.1, -0.05) is 14.2 Å². The normalized spacial score (nSPS) is 11.9. The van der Waals surface area contributed by atoms with Crippen LogP contribution in [0.2, 0.25) is 0 Å². The lowest BCUT2D eigenvalue weighted by atomic mass is 15.5. The molecule has 0 saturated heterocycles. The van der Waals surface area contributed by atoms with Crippen LogP contribution in [0.25, 0.3) is 0 Å². The lowest BCUT2D eigenvalue weighted by Gasteiger charge is -1.95. The molecule has 0 radical (unpaired) electrons. The third-order valence-corrected chi connectivity index (χ3v) is 0.761. The molecule has 0 aliphatic rings. The van der Waals surface area contributed by atoms with Crippen molar-refractivity contribution in [2.75, 3.05) is 0 Å². The first kappa shape index (κ1) is 7.90. The third kappa shape index (κ3) is 1.79. The highest BCUT2D eigenvalue weighted by Crippen LogP contribution is 2.50. The quantitative estimate of drug-likeness (QED) is 0.578. The Bertz CT molecular complexity index is 82.4. The molecule has 0 aromatic heterocycles. The minimum Gasteiger partial charge on any atom is -0.220 e. The Labute approximate surface area is 41.5 Å². The van der Waals surface area contributed by atoms with Crippen molar-refractivity contribution in [3.05, 3.63) is 0 Å². The maximum absolute atomic E-state index is 10.5. The standard InChI is InChI=1S/F3O4P/c1-5-8(4,6-2)7-3. The van der Waals surface area contributed by atoms with Crippen molar-refractivity contribution in [3.8, 4) is 0 Å². The summed E-state index contributed by atoms with van der Waals surface area (Å²) in [6.45, 7) is 0. The molecule has 0 amide bonds. The Hall–Kier alpha value is -0.100. The molecule has 8 heteroatoms. The summed E-state index contributed by atoms with van der Waals surface area (Å²) in [5.74, 6) is 0. The van der Waals surface area contributed by atoms with E-state index >= 15 is 0 Å². The molecule has 0 bridgehead atoms. The molecule has 0 aliphatic carbocycles. The molecule has 0 unspecified atom stereocenters. The highest BCUT2D eigenvalue weighted by atomic mass is 31.2. The van der Waals surface area contributed by atoms with Gasteiger partial charge in [-0.25, -0.2) is 4.57 Å². The molecule has 8 heavy (non-hydrogen) atoms. The Kier molecular flexibility index (Phi) is 2.99. The monoisotopic (exact) mass is 152 g/mol. The highest BCUT2D eigenvalue weighted by Gasteiger charge is 2.31. The average molecular weight is 152 g/mol. The molecule has 0 saturated carbocycles. The van der Waals surface area contributed by atoms with Crippen molar-refractivity contribution >= 4 is 7.82 Å². The molecule has 0 heterocycles. The zero-order chi connectivity index (χ0) is 6.62. The fourth-order valence-corrected chi connectivity index (χ4v) is 0.0958. The second-order valence-corrected chi connectivity index (χ2v) is 1.96. The lowest BCUT2D eigenvalue weighted by Crippen LogP contribution is -1.79. The van der Waals surface area contributed by atoms with Crippen molar-refractivity contribution in [3.63, 3.8) is 0 Å². The van der Waals surface area contributed by atoms with E-state index in [1.54, 1.807) is 0 Å². The van der Waals surface area contributed by atoms with E-state index in [4.69, 9.17) is 0 Å². The summed E-state index contributed by atoms with van der Waals surface area (Å²) in [4.78, 5) is 0. The summed E-state index contributed by atoms with van der Waals surface area (Å²) in [6, 6.07) is 0. The first-order valence-corrected chi connectivity index (χ1v) is 2.65. The van der Waals surface area contributed by atoms with E-state index in [-0.39, 0.29) is 0 Å². The van der Waals surface area contributed by atoms with Crippen LogP contribution in [0, 0.1) is 0 Å². The van der Waals surface area contributed by atoms with Crippen molar-refractivity contribution < 1.29 is 32.3 Å². The van der Waals surface area contributed by atoms with Crippen LogP contribution < -0.4 is 0 Å². The van der Waals surface area contributed by atoms with Crippen LogP contribution >= 0.6 is 7.82 Å². The first-order chi connectivity index (χ1) is 3.68. The van der Waals surface area contributed by atoms with Gasteiger partial charge < -0.3 is 0 Å². The van der Waals surface area contributed by atoms with E-state index in [1.807, 2.05) is 0 Å². The number of rotatable bonds is 3. The van der Waals surface area contributed by atoms with Gasteiger partial charge in [0.15, 0.2) is 0 Å². The zero-order valence-electron chi connectivity index (χ0n) is 3.21. The van der Waals surface area contributed by atoms with Crippen LogP contribution in [0.3, 0.4) is 0 Å². The van der Waals surface area contributed by atoms with Gasteiger partial charge in [-0.3, -0.25) is 0 Å². The van der Waals surface area contributed by atoms with Crippen LogP contribution in [-0.2, 0) is 18.8 Å². The Morgan fingerprint density at radius 1 is 1.00 bits per heavy atom. The second-order valence-electron chi connectivity index (χ2n) is 0.654. The van der Waals surface area contributed by atoms with Gasteiger partial charge in [0.05, 0.1) is 0 Å². The van der Waals surface area contributed by atoms with E-state index in [9.17, 15) is 18.1 Å². The Morgan fingerprint density at radius 2 is 1.25 bits per heavy atom. The van der Waals surface area contributed by atoms with E-state index < -0.39 is 7.82 Å². The first-order valence-electron chi connectivity index (χ1n) is 1.19. The number of hydrogen-bond donors (Lipinski definition) is 0. The summed E-state index contributed by atoms with van der Waals surface area (Å²) in [5.41, 5.74) is 0. The van der Waals surface area contributed by atoms with Crippen LogP contribution in [0.5, 0.6) is 0 Å². The second kappa shape index (κ2) is 3.03. The molecule has 0 aromatic rings. The minimum atomic E-state index is -5.16. The van der Waals surface area contributed by atoms with Gasteiger partial charge in [0.25, 0.3) is 0 Å². The predicted octanol–water partition coefficient (Wildman–Crippen LogP) is 1.80. The predicted molar refractivity (Wildman–Crippen MR) is 14.2 cm³/mol. The number of halogens is 3. The SMILES string of the molecule is O=P(OF)(OF)OF. The maximum Gasteiger partial charge on any atom is 0.568 e. The molecule has 50 valence electrons. The lowest BCUT2D eigenvalue weighted by molar-refractivity contribution is -0.163. The Morgan fingerprint density at radius 3 is 1.25 bits per heavy atom. The van der Waals surface area contributed by atoms with Gasteiger partial charge >= 0.3 is 7.82 Å². The summed E-state index contributed by atoms with van der Waals surface area (Å²) in [6.07, 6.45) is 0. The molecule has 0 N–H and O–H groups in total. The highest BCUT2D eigenvalue weighted by molar-refractivity contribution is 7.48. The van der Waals surface area contributed by atoms with Gasteiger partial charge in [0.1, 0.15) is 0 Å². The molecule has 0 rings (SSSR count). The van der Waals surface area contributed by atoms with Gasteiger partial charge in [0, 0.05) is 0 Å². The largest absolute Gasteiger partial charge is 0.568 e. The fourth-order valence-electron chi connectivity index (χ4n) is 0.0319. The maximum atomic E-state index is 10.5. The van der Waals surface area contributed by atoms with E-state index in [0.717, 1.165) is 0 Å². The molecule has 0 fully saturated rings. The molecular formula is F3O4P. The van der Waals surface area contributed by atoms with Gasteiger partial charge in [0.2, 0.25) is 0 Å². The summed E-state index contributed by atoms with van der Waals surface area (Å²) in [5, 5.41) is 0. The molecule has 0 aromatic carbocycles. The molecule has 0 atom stereocenters. The molecule has 4 nitrogen and oxygen atoms in total. The van der Waals surface area contributed by atoms with Gasteiger partial charge in [-0.2, -0.15) is 0 Å².